The Hall–Kier alpha value is -2.30. The average Bonchev–Trinajstić information content (AvgIpc) is 3.12. The van der Waals surface area contributed by atoms with Gasteiger partial charge < -0.3 is 14.2 Å². The Kier molecular flexibility index (Phi) is 5.32. The van der Waals surface area contributed by atoms with Gasteiger partial charge in [-0.2, -0.15) is 0 Å². The van der Waals surface area contributed by atoms with Crippen LogP contribution in [0.25, 0.3) is 0 Å². The Morgan fingerprint density at radius 2 is 1.96 bits per heavy atom. The number of carbonyl (C=O) groups is 2. The first-order valence-electron chi connectivity index (χ1n) is 7.87. The predicted octanol–water partition coefficient (Wildman–Crippen LogP) is 3.13. The number of rotatable bonds is 6. The summed E-state index contributed by atoms with van der Waals surface area (Å²) >= 11 is 0. The molecule has 2 rings (SSSR count). The molecule has 0 spiro atoms. The van der Waals surface area contributed by atoms with Crippen molar-refractivity contribution in [3.05, 3.63) is 41.5 Å². The van der Waals surface area contributed by atoms with Crippen LogP contribution in [-0.4, -0.2) is 26.2 Å². The third kappa shape index (κ3) is 3.78. The summed E-state index contributed by atoms with van der Waals surface area (Å²) in [4.78, 5) is 23.9. The lowest BCUT2D eigenvalue weighted by Crippen LogP contribution is -2.10. The van der Waals surface area contributed by atoms with Gasteiger partial charge in [-0.25, -0.2) is 4.79 Å². The molecule has 0 heterocycles. The molecule has 0 amide bonds. The lowest BCUT2D eigenvalue weighted by molar-refractivity contribution is -0.147. The molecule has 24 heavy (non-hydrogen) atoms. The molecule has 130 valence electrons. The van der Waals surface area contributed by atoms with Gasteiger partial charge in [-0.1, -0.05) is 32.1 Å². The minimum absolute atomic E-state index is 0.0191. The van der Waals surface area contributed by atoms with Crippen LogP contribution < -0.4 is 4.74 Å². The van der Waals surface area contributed by atoms with Gasteiger partial charge in [0, 0.05) is 5.57 Å². The number of allylic oxidation sites excluding steroid dienone is 1. The van der Waals surface area contributed by atoms with Crippen LogP contribution in [0.4, 0.5) is 0 Å². The Morgan fingerprint density at radius 1 is 1.25 bits per heavy atom. The molecular formula is C19H24O5. The molecule has 1 saturated carbocycles. The highest BCUT2D eigenvalue weighted by Crippen LogP contribution is 2.59. The van der Waals surface area contributed by atoms with E-state index in [1.807, 2.05) is 44.2 Å². The Morgan fingerprint density at radius 3 is 2.58 bits per heavy atom. The minimum atomic E-state index is -0.374. The summed E-state index contributed by atoms with van der Waals surface area (Å²) in [6.07, 6.45) is 1.81. The SMILES string of the molecule is COC(=O)/C(C)=C/[C@@H]1[C@@H](C(=O)OCc2cccc(OC)c2)C1(C)C. The van der Waals surface area contributed by atoms with Crippen molar-refractivity contribution in [2.24, 2.45) is 17.3 Å². The van der Waals surface area contributed by atoms with Crippen LogP contribution in [0, 0.1) is 17.3 Å². The molecule has 0 aliphatic heterocycles. The number of carbonyl (C=O) groups excluding carboxylic acids is 2. The molecule has 5 heteroatoms. The molecule has 1 aliphatic rings. The van der Waals surface area contributed by atoms with Gasteiger partial charge in [0.2, 0.25) is 0 Å². The highest BCUT2D eigenvalue weighted by atomic mass is 16.5. The van der Waals surface area contributed by atoms with E-state index in [-0.39, 0.29) is 35.8 Å². The summed E-state index contributed by atoms with van der Waals surface area (Å²) in [6, 6.07) is 7.41. The molecule has 1 aromatic rings. The summed E-state index contributed by atoms with van der Waals surface area (Å²) in [5.74, 6) is -0.162. The van der Waals surface area contributed by atoms with Crippen LogP contribution >= 0.6 is 0 Å². The molecule has 5 nitrogen and oxygen atoms in total. The van der Waals surface area contributed by atoms with Gasteiger partial charge in [-0.05, 0) is 36.0 Å². The van der Waals surface area contributed by atoms with E-state index in [2.05, 4.69) is 0 Å². The van der Waals surface area contributed by atoms with E-state index in [1.54, 1.807) is 14.0 Å². The van der Waals surface area contributed by atoms with Crippen molar-refractivity contribution in [2.45, 2.75) is 27.4 Å². The van der Waals surface area contributed by atoms with Crippen LogP contribution in [0.5, 0.6) is 5.75 Å². The first-order chi connectivity index (χ1) is 11.3. The van der Waals surface area contributed by atoms with Crippen molar-refractivity contribution in [3.63, 3.8) is 0 Å². The van der Waals surface area contributed by atoms with Crippen molar-refractivity contribution in [1.29, 1.82) is 0 Å². The number of benzene rings is 1. The van der Waals surface area contributed by atoms with E-state index in [0.29, 0.717) is 5.57 Å². The fourth-order valence-electron chi connectivity index (χ4n) is 2.94. The van der Waals surface area contributed by atoms with Gasteiger partial charge in [-0.15, -0.1) is 0 Å². The normalized spacial score (nSPS) is 21.8. The van der Waals surface area contributed by atoms with Gasteiger partial charge in [0.25, 0.3) is 0 Å². The fourth-order valence-corrected chi connectivity index (χ4v) is 2.94. The van der Waals surface area contributed by atoms with Crippen LogP contribution in [0.3, 0.4) is 0 Å². The number of ether oxygens (including phenoxy) is 3. The van der Waals surface area contributed by atoms with Crippen molar-refractivity contribution < 1.29 is 23.8 Å². The second kappa shape index (κ2) is 7.07. The van der Waals surface area contributed by atoms with Gasteiger partial charge in [0.05, 0.1) is 20.1 Å². The number of hydrogen-bond donors (Lipinski definition) is 0. The van der Waals surface area contributed by atoms with Crippen molar-refractivity contribution in [3.8, 4) is 5.75 Å². The molecule has 1 fully saturated rings. The zero-order valence-corrected chi connectivity index (χ0v) is 14.8. The molecule has 1 aromatic carbocycles. The molecule has 0 bridgehead atoms. The second-order valence-electron chi connectivity index (χ2n) is 6.63. The Balaban J connectivity index is 1.98. The molecule has 0 radical (unpaired) electrons. The summed E-state index contributed by atoms with van der Waals surface area (Å²) < 4.78 is 15.3. The van der Waals surface area contributed by atoms with Crippen LogP contribution in [-0.2, 0) is 25.7 Å². The van der Waals surface area contributed by atoms with E-state index in [0.717, 1.165) is 11.3 Å². The van der Waals surface area contributed by atoms with Crippen molar-refractivity contribution in [2.75, 3.05) is 14.2 Å². The highest BCUT2D eigenvalue weighted by molar-refractivity contribution is 5.88. The monoisotopic (exact) mass is 332 g/mol. The van der Waals surface area contributed by atoms with Crippen LogP contribution in [0.15, 0.2) is 35.9 Å². The highest BCUT2D eigenvalue weighted by Gasteiger charge is 2.61. The predicted molar refractivity (Wildman–Crippen MR) is 89.3 cm³/mol. The quantitative estimate of drug-likeness (QED) is 0.591. The number of esters is 2. The fraction of sp³-hybridized carbons (Fsp3) is 0.474. The van der Waals surface area contributed by atoms with E-state index in [9.17, 15) is 9.59 Å². The van der Waals surface area contributed by atoms with Crippen LogP contribution in [0.1, 0.15) is 26.3 Å². The first-order valence-corrected chi connectivity index (χ1v) is 7.87. The summed E-state index contributed by atoms with van der Waals surface area (Å²) in [5.41, 5.74) is 1.17. The third-order valence-electron chi connectivity index (χ3n) is 4.62. The molecular weight excluding hydrogens is 308 g/mol. The zero-order chi connectivity index (χ0) is 17.9. The van der Waals surface area contributed by atoms with Crippen molar-refractivity contribution in [1.82, 2.24) is 0 Å². The largest absolute Gasteiger partial charge is 0.497 e. The van der Waals surface area contributed by atoms with Crippen LogP contribution in [0.2, 0.25) is 0 Å². The number of hydrogen-bond acceptors (Lipinski definition) is 5. The minimum Gasteiger partial charge on any atom is -0.497 e. The lowest BCUT2D eigenvalue weighted by atomic mass is 10.1. The maximum atomic E-state index is 12.4. The second-order valence-corrected chi connectivity index (χ2v) is 6.63. The smallest absolute Gasteiger partial charge is 0.333 e. The average molecular weight is 332 g/mol. The standard InChI is InChI=1S/C19H24O5/c1-12(17(20)23-5)9-15-16(19(15,2)3)18(21)24-11-13-7-6-8-14(10-13)22-4/h6-10,15-16H,11H2,1-5H3/b12-9+/t15-,16+/m1/s1. The summed E-state index contributed by atoms with van der Waals surface area (Å²) in [5, 5.41) is 0. The number of methoxy groups -OCH3 is 2. The molecule has 1 aliphatic carbocycles. The van der Waals surface area contributed by atoms with Gasteiger partial charge in [-0.3, -0.25) is 4.79 Å². The van der Waals surface area contributed by atoms with E-state index >= 15 is 0 Å². The topological polar surface area (TPSA) is 61.8 Å². The summed E-state index contributed by atoms with van der Waals surface area (Å²) in [6.45, 7) is 5.89. The van der Waals surface area contributed by atoms with E-state index in [1.165, 1.54) is 7.11 Å². The first kappa shape index (κ1) is 18.0. The lowest BCUT2D eigenvalue weighted by Gasteiger charge is -2.07. The third-order valence-corrected chi connectivity index (χ3v) is 4.62. The molecule has 0 aromatic heterocycles. The van der Waals surface area contributed by atoms with E-state index < -0.39 is 0 Å². The molecule has 0 N–H and O–H groups in total. The molecule has 2 atom stereocenters. The Bertz CT molecular complexity index is 659. The van der Waals surface area contributed by atoms with Gasteiger partial charge in [0.1, 0.15) is 12.4 Å². The molecule has 0 unspecified atom stereocenters. The zero-order valence-electron chi connectivity index (χ0n) is 14.8. The maximum absolute atomic E-state index is 12.4. The van der Waals surface area contributed by atoms with Gasteiger partial charge >= 0.3 is 11.9 Å². The van der Waals surface area contributed by atoms with E-state index in [4.69, 9.17) is 14.2 Å². The summed E-state index contributed by atoms with van der Waals surface area (Å²) in [7, 11) is 2.94. The Labute approximate surface area is 142 Å². The maximum Gasteiger partial charge on any atom is 0.333 e. The van der Waals surface area contributed by atoms with Crippen molar-refractivity contribution >= 4 is 11.9 Å². The van der Waals surface area contributed by atoms with Gasteiger partial charge in [0.15, 0.2) is 0 Å². The molecule has 0 saturated heterocycles.